The van der Waals surface area contributed by atoms with Crippen molar-refractivity contribution in [3.63, 3.8) is 0 Å². The molecule has 0 radical (unpaired) electrons. The second-order valence-corrected chi connectivity index (χ2v) is 13.0. The molecule has 0 saturated heterocycles. The third-order valence-corrected chi connectivity index (χ3v) is 9.50. The first-order chi connectivity index (χ1) is 22.2. The highest BCUT2D eigenvalue weighted by Crippen LogP contribution is 2.65. The van der Waals surface area contributed by atoms with Gasteiger partial charge in [-0.3, -0.25) is 14.4 Å². The van der Waals surface area contributed by atoms with Crippen LogP contribution in [0.3, 0.4) is 0 Å². The Bertz CT molecular complexity index is 1830. The van der Waals surface area contributed by atoms with Crippen molar-refractivity contribution >= 4 is 69.6 Å². The van der Waals surface area contributed by atoms with E-state index in [9.17, 15) is 49.5 Å². The van der Waals surface area contributed by atoms with Gasteiger partial charge in [0.2, 0.25) is 11.8 Å². The number of hydrogen-bond acceptors (Lipinski definition) is 3. The SMILES string of the molecule is O=C(Nc1ccc(F)c(NC(=O)C2(C(F)(F)F)CCC2)c1F)c1cc(NC(=O)C2[C@H](c3ccc(F)c(C(F)(F)F)c3)C2(Cl)Cl)ccc1Cl. The van der Waals surface area contributed by atoms with E-state index in [0.717, 1.165) is 24.3 Å². The number of nitrogens with one attached hydrogen (secondary N) is 3. The lowest BCUT2D eigenvalue weighted by molar-refractivity contribution is -0.240. The molecule has 0 heterocycles. The number of benzene rings is 3. The maximum Gasteiger partial charge on any atom is 0.419 e. The third-order valence-electron chi connectivity index (χ3n) is 8.23. The summed E-state index contributed by atoms with van der Waals surface area (Å²) in [4.78, 5) is 38.6. The van der Waals surface area contributed by atoms with Crippen LogP contribution in [0.15, 0.2) is 48.5 Å². The van der Waals surface area contributed by atoms with Crippen LogP contribution in [-0.2, 0) is 15.8 Å². The average Bonchev–Trinajstić information content (AvgIpc) is 3.53. The Labute approximate surface area is 279 Å². The highest BCUT2D eigenvalue weighted by atomic mass is 35.5. The third kappa shape index (κ3) is 6.39. The molecule has 256 valence electrons. The Morgan fingerprint density at radius 1 is 0.812 bits per heavy atom. The number of carbonyl (C=O) groups excluding carboxylic acids is 3. The fourth-order valence-corrected chi connectivity index (χ4v) is 6.41. The van der Waals surface area contributed by atoms with Crippen LogP contribution in [0.5, 0.6) is 0 Å². The highest BCUT2D eigenvalue weighted by Gasteiger charge is 2.68. The predicted octanol–water partition coefficient (Wildman–Crippen LogP) is 9.23. The summed E-state index contributed by atoms with van der Waals surface area (Å²) in [5, 5.41) is 5.86. The fraction of sp³-hybridized carbons (Fsp3) is 0.300. The molecule has 2 atom stereocenters. The van der Waals surface area contributed by atoms with E-state index in [1.165, 1.54) is 6.07 Å². The minimum Gasteiger partial charge on any atom is -0.326 e. The molecule has 3 amide bonds. The first kappa shape index (κ1) is 35.6. The van der Waals surface area contributed by atoms with Crippen molar-refractivity contribution in [2.24, 2.45) is 11.3 Å². The minimum atomic E-state index is -5.04. The molecule has 0 aromatic heterocycles. The van der Waals surface area contributed by atoms with Gasteiger partial charge in [-0.05, 0) is 60.9 Å². The molecule has 5 rings (SSSR count). The summed E-state index contributed by atoms with van der Waals surface area (Å²) < 4.78 is 122. The van der Waals surface area contributed by atoms with Crippen LogP contribution in [0.4, 0.5) is 56.6 Å². The van der Waals surface area contributed by atoms with E-state index in [1.807, 2.05) is 0 Å². The lowest BCUT2D eigenvalue weighted by Crippen LogP contribution is -2.52. The topological polar surface area (TPSA) is 87.3 Å². The monoisotopic (exact) mass is 745 g/mol. The van der Waals surface area contributed by atoms with Gasteiger partial charge in [-0.15, -0.1) is 23.2 Å². The zero-order valence-electron chi connectivity index (χ0n) is 23.7. The summed E-state index contributed by atoms with van der Waals surface area (Å²) in [6.07, 6.45) is -11.1. The van der Waals surface area contributed by atoms with Crippen molar-refractivity contribution in [1.82, 2.24) is 0 Å². The molecule has 3 aromatic rings. The minimum absolute atomic E-state index is 0.0746. The molecule has 18 heteroatoms. The van der Waals surface area contributed by atoms with Crippen molar-refractivity contribution < 1.29 is 53.9 Å². The van der Waals surface area contributed by atoms with E-state index in [4.69, 9.17) is 34.8 Å². The Morgan fingerprint density at radius 2 is 1.46 bits per heavy atom. The summed E-state index contributed by atoms with van der Waals surface area (Å²) in [6, 6.07) is 6.78. The molecular weight excluding hydrogens is 728 g/mol. The quantitative estimate of drug-likeness (QED) is 0.167. The van der Waals surface area contributed by atoms with Gasteiger partial charge in [-0.1, -0.05) is 24.1 Å². The van der Waals surface area contributed by atoms with Gasteiger partial charge in [0, 0.05) is 11.6 Å². The molecule has 1 unspecified atom stereocenters. The van der Waals surface area contributed by atoms with Gasteiger partial charge in [0.15, 0.2) is 5.82 Å². The molecule has 0 spiro atoms. The first-order valence-electron chi connectivity index (χ1n) is 13.7. The number of halogens is 12. The predicted molar refractivity (Wildman–Crippen MR) is 157 cm³/mol. The average molecular weight is 747 g/mol. The van der Waals surface area contributed by atoms with E-state index < -0.39 is 104 Å². The molecule has 3 aromatic carbocycles. The number of amides is 3. The van der Waals surface area contributed by atoms with Gasteiger partial charge in [-0.2, -0.15) is 26.3 Å². The molecule has 2 aliphatic rings. The Kier molecular flexibility index (Phi) is 9.14. The lowest BCUT2D eigenvalue weighted by atomic mass is 9.67. The van der Waals surface area contributed by atoms with Crippen LogP contribution in [0.25, 0.3) is 0 Å². The number of alkyl halides is 8. The van der Waals surface area contributed by atoms with Crippen molar-refractivity contribution in [3.05, 3.63) is 87.7 Å². The molecule has 2 saturated carbocycles. The highest BCUT2D eigenvalue weighted by molar-refractivity contribution is 6.53. The van der Waals surface area contributed by atoms with Crippen molar-refractivity contribution in [2.75, 3.05) is 16.0 Å². The second kappa shape index (κ2) is 12.3. The molecule has 3 N–H and O–H groups in total. The summed E-state index contributed by atoms with van der Waals surface area (Å²) >= 11 is 18.5. The molecule has 2 fully saturated rings. The van der Waals surface area contributed by atoms with E-state index in [0.29, 0.717) is 18.2 Å². The van der Waals surface area contributed by atoms with Gasteiger partial charge in [0.25, 0.3) is 5.91 Å². The second-order valence-electron chi connectivity index (χ2n) is 11.2. The van der Waals surface area contributed by atoms with Gasteiger partial charge in [0.1, 0.15) is 27.1 Å². The van der Waals surface area contributed by atoms with Gasteiger partial charge >= 0.3 is 12.4 Å². The molecule has 2 aliphatic carbocycles. The normalized spacial score (nSPS) is 19.6. The summed E-state index contributed by atoms with van der Waals surface area (Å²) in [6.45, 7) is 0. The van der Waals surface area contributed by atoms with E-state index in [1.54, 1.807) is 5.32 Å². The molecule has 0 aliphatic heterocycles. The van der Waals surface area contributed by atoms with Crippen LogP contribution < -0.4 is 16.0 Å². The Balaban J connectivity index is 1.32. The largest absolute Gasteiger partial charge is 0.419 e. The number of anilines is 3. The Morgan fingerprint density at radius 3 is 2.04 bits per heavy atom. The van der Waals surface area contributed by atoms with Crippen molar-refractivity contribution in [1.29, 1.82) is 0 Å². The van der Waals surface area contributed by atoms with E-state index in [-0.39, 0.29) is 22.7 Å². The van der Waals surface area contributed by atoms with Crippen LogP contribution >= 0.6 is 34.8 Å². The summed E-state index contributed by atoms with van der Waals surface area (Å²) in [5.41, 5.74) is -7.04. The maximum absolute atomic E-state index is 15.2. The first-order valence-corrected chi connectivity index (χ1v) is 14.8. The Hall–Kier alpha value is -3.69. The van der Waals surface area contributed by atoms with Crippen LogP contribution in [0.2, 0.25) is 5.02 Å². The van der Waals surface area contributed by atoms with E-state index >= 15 is 4.39 Å². The van der Waals surface area contributed by atoms with Crippen LogP contribution in [-0.4, -0.2) is 28.2 Å². The van der Waals surface area contributed by atoms with Gasteiger partial charge < -0.3 is 16.0 Å². The van der Waals surface area contributed by atoms with Crippen molar-refractivity contribution in [2.45, 2.75) is 41.9 Å². The summed E-state index contributed by atoms with van der Waals surface area (Å²) in [5.74, 6) is -10.7. The van der Waals surface area contributed by atoms with Crippen LogP contribution in [0.1, 0.15) is 46.7 Å². The van der Waals surface area contributed by atoms with Gasteiger partial charge in [0.05, 0.1) is 27.8 Å². The standard InChI is InChI=1S/C30H19Cl3F9N3O3/c31-16-4-3-13(43-25(47)21-20(28(21,32)33)12-2-5-17(34)15(10-12)29(37,38)39)11-14(16)24(46)44-19-7-6-18(35)23(22(19)36)45-26(48)27(8-1-9-27)30(40,41)42/h2-7,10-11,20-21H,1,8-9H2,(H,43,47)(H,44,46)(H,45,48)/t20-,21?/m0/s1. The zero-order valence-corrected chi connectivity index (χ0v) is 25.9. The lowest BCUT2D eigenvalue weighted by Gasteiger charge is -2.41. The fourth-order valence-electron chi connectivity index (χ4n) is 5.37. The van der Waals surface area contributed by atoms with Crippen LogP contribution in [0, 0.1) is 28.8 Å². The smallest absolute Gasteiger partial charge is 0.326 e. The number of carbonyl (C=O) groups is 3. The molecule has 0 bridgehead atoms. The van der Waals surface area contributed by atoms with Gasteiger partial charge in [-0.25, -0.2) is 13.2 Å². The molecule has 6 nitrogen and oxygen atoms in total. The number of hydrogen-bond donors (Lipinski definition) is 3. The number of rotatable bonds is 7. The van der Waals surface area contributed by atoms with Crippen molar-refractivity contribution in [3.8, 4) is 0 Å². The molecular formula is C30H19Cl3F9N3O3. The summed E-state index contributed by atoms with van der Waals surface area (Å²) in [7, 11) is 0. The molecule has 48 heavy (non-hydrogen) atoms. The zero-order chi connectivity index (χ0) is 35.6. The maximum atomic E-state index is 15.2. The van der Waals surface area contributed by atoms with E-state index in [2.05, 4.69) is 10.6 Å².